The molecule has 4 nitrogen and oxygen atoms in total. The fourth-order valence-electron chi connectivity index (χ4n) is 1.48. The molecule has 0 heterocycles. The summed E-state index contributed by atoms with van der Waals surface area (Å²) in [4.78, 5) is 21.9. The summed E-state index contributed by atoms with van der Waals surface area (Å²) in [6.07, 6.45) is -4.41. The van der Waals surface area contributed by atoms with E-state index in [1.54, 1.807) is 17.4 Å². The molecule has 1 aromatic rings. The van der Waals surface area contributed by atoms with Gasteiger partial charge >= 0.3 is 12.1 Å². The molecule has 0 spiro atoms. The minimum atomic E-state index is -4.92. The van der Waals surface area contributed by atoms with Crippen molar-refractivity contribution < 1.29 is 27.2 Å². The number of aryl methyl sites for hydroxylation is 1. The van der Waals surface area contributed by atoms with Crippen molar-refractivity contribution in [2.24, 2.45) is 0 Å². The fraction of sp³-hybridized carbons (Fsp3) is 0.385. The number of rotatable bonds is 6. The Balaban J connectivity index is 2.17. The van der Waals surface area contributed by atoms with Gasteiger partial charge in [0.1, 0.15) is 5.82 Å². The summed E-state index contributed by atoms with van der Waals surface area (Å²) in [6, 6.07) is 5.65. The molecule has 0 bridgehead atoms. The molecule has 0 aliphatic rings. The van der Waals surface area contributed by atoms with E-state index in [0.29, 0.717) is 6.42 Å². The van der Waals surface area contributed by atoms with E-state index < -0.39 is 12.1 Å². The van der Waals surface area contributed by atoms with E-state index in [1.165, 1.54) is 12.1 Å². The van der Waals surface area contributed by atoms with Gasteiger partial charge in [-0.25, -0.2) is 4.39 Å². The molecule has 1 aromatic carbocycles. The number of carbonyl (C=O) groups excluding carboxylic acids is 2. The Hall–Kier alpha value is -2.12. The van der Waals surface area contributed by atoms with Crippen molar-refractivity contribution in [3.8, 4) is 0 Å². The van der Waals surface area contributed by atoms with Crippen LogP contribution in [0.5, 0.6) is 0 Å². The van der Waals surface area contributed by atoms with Crippen LogP contribution >= 0.6 is 0 Å². The average Bonchev–Trinajstić information content (AvgIpc) is 2.41. The highest BCUT2D eigenvalue weighted by molar-refractivity contribution is 5.81. The standard InChI is InChI=1S/C13H14F4N2O2/c14-10-4-1-9(2-5-10)3-6-11(20)18-7-8-19-12(21)13(15,16)17/h1-2,4-5H,3,6-8H2,(H,18,20)(H,19,21). The van der Waals surface area contributed by atoms with E-state index in [1.807, 2.05) is 0 Å². The van der Waals surface area contributed by atoms with Crippen LogP contribution < -0.4 is 10.6 Å². The summed E-state index contributed by atoms with van der Waals surface area (Å²) in [5.41, 5.74) is 0.775. The molecule has 0 saturated heterocycles. The quantitative estimate of drug-likeness (QED) is 0.619. The number of halogens is 4. The Labute approximate surface area is 118 Å². The van der Waals surface area contributed by atoms with Gasteiger partial charge in [0.25, 0.3) is 0 Å². The summed E-state index contributed by atoms with van der Waals surface area (Å²) >= 11 is 0. The third-order valence-corrected chi connectivity index (χ3v) is 2.54. The highest BCUT2D eigenvalue weighted by Gasteiger charge is 2.38. The first-order valence-electron chi connectivity index (χ1n) is 6.15. The van der Waals surface area contributed by atoms with Gasteiger partial charge in [-0.2, -0.15) is 13.2 Å². The van der Waals surface area contributed by atoms with Crippen molar-refractivity contribution in [2.45, 2.75) is 19.0 Å². The molecular weight excluding hydrogens is 292 g/mol. The van der Waals surface area contributed by atoms with Crippen LogP contribution in [-0.2, 0) is 16.0 Å². The lowest BCUT2D eigenvalue weighted by Gasteiger charge is -2.08. The molecule has 0 radical (unpaired) electrons. The van der Waals surface area contributed by atoms with E-state index in [9.17, 15) is 27.2 Å². The maximum Gasteiger partial charge on any atom is 0.471 e. The Morgan fingerprint density at radius 2 is 1.57 bits per heavy atom. The molecule has 21 heavy (non-hydrogen) atoms. The molecule has 2 amide bonds. The number of hydrogen-bond acceptors (Lipinski definition) is 2. The first-order chi connectivity index (χ1) is 9.79. The lowest BCUT2D eigenvalue weighted by atomic mass is 10.1. The number of nitrogens with one attached hydrogen (secondary N) is 2. The predicted molar refractivity (Wildman–Crippen MR) is 66.8 cm³/mol. The van der Waals surface area contributed by atoms with Gasteiger partial charge in [-0.1, -0.05) is 12.1 Å². The van der Waals surface area contributed by atoms with Crippen molar-refractivity contribution in [1.29, 1.82) is 0 Å². The highest BCUT2D eigenvalue weighted by Crippen LogP contribution is 2.13. The van der Waals surface area contributed by atoms with Gasteiger partial charge < -0.3 is 10.6 Å². The molecule has 8 heteroatoms. The summed E-state index contributed by atoms with van der Waals surface area (Å²) in [5.74, 6) is -2.77. The van der Waals surface area contributed by atoms with Crippen LogP contribution in [0.2, 0.25) is 0 Å². The van der Waals surface area contributed by atoms with Gasteiger partial charge in [0.2, 0.25) is 5.91 Å². The van der Waals surface area contributed by atoms with Crippen LogP contribution in [-0.4, -0.2) is 31.1 Å². The first kappa shape index (κ1) is 16.9. The smallest absolute Gasteiger partial charge is 0.354 e. The van der Waals surface area contributed by atoms with E-state index in [2.05, 4.69) is 5.32 Å². The molecule has 116 valence electrons. The van der Waals surface area contributed by atoms with E-state index in [-0.39, 0.29) is 31.2 Å². The first-order valence-corrected chi connectivity index (χ1v) is 6.15. The van der Waals surface area contributed by atoms with E-state index in [0.717, 1.165) is 5.56 Å². The SMILES string of the molecule is O=C(CCc1ccc(F)cc1)NCCNC(=O)C(F)(F)F. The molecule has 0 aliphatic heterocycles. The van der Waals surface area contributed by atoms with Crippen LogP contribution in [0.3, 0.4) is 0 Å². The van der Waals surface area contributed by atoms with Gasteiger partial charge in [0, 0.05) is 19.5 Å². The zero-order valence-electron chi connectivity index (χ0n) is 11.0. The largest absolute Gasteiger partial charge is 0.471 e. The van der Waals surface area contributed by atoms with Gasteiger partial charge in [-0.05, 0) is 24.1 Å². The van der Waals surface area contributed by atoms with Crippen molar-refractivity contribution in [3.63, 3.8) is 0 Å². The number of benzene rings is 1. The van der Waals surface area contributed by atoms with Gasteiger partial charge in [-0.15, -0.1) is 0 Å². The summed E-state index contributed by atoms with van der Waals surface area (Å²) in [6.45, 7) is -0.398. The second-order valence-corrected chi connectivity index (χ2v) is 4.23. The van der Waals surface area contributed by atoms with Crippen molar-refractivity contribution in [2.75, 3.05) is 13.1 Å². The number of alkyl halides is 3. The maximum atomic E-state index is 12.6. The zero-order chi connectivity index (χ0) is 15.9. The molecule has 0 saturated carbocycles. The topological polar surface area (TPSA) is 58.2 Å². The zero-order valence-corrected chi connectivity index (χ0v) is 11.0. The van der Waals surface area contributed by atoms with Crippen LogP contribution in [0.15, 0.2) is 24.3 Å². The predicted octanol–water partition coefficient (Wildman–Crippen LogP) is 1.55. The Kier molecular flexibility index (Phi) is 6.13. The summed E-state index contributed by atoms with van der Waals surface area (Å²) in [7, 11) is 0. The Morgan fingerprint density at radius 1 is 1.00 bits per heavy atom. The molecule has 0 aliphatic carbocycles. The lowest BCUT2D eigenvalue weighted by Crippen LogP contribution is -2.41. The molecule has 1 rings (SSSR count). The minimum Gasteiger partial charge on any atom is -0.354 e. The second-order valence-electron chi connectivity index (χ2n) is 4.23. The molecule has 0 aromatic heterocycles. The fourth-order valence-corrected chi connectivity index (χ4v) is 1.48. The van der Waals surface area contributed by atoms with Crippen LogP contribution in [0.25, 0.3) is 0 Å². The lowest BCUT2D eigenvalue weighted by molar-refractivity contribution is -0.173. The average molecular weight is 306 g/mol. The molecule has 2 N–H and O–H groups in total. The Bertz CT molecular complexity index is 486. The van der Waals surface area contributed by atoms with Crippen LogP contribution in [0.4, 0.5) is 17.6 Å². The normalized spacial score (nSPS) is 11.0. The third-order valence-electron chi connectivity index (χ3n) is 2.54. The molecule has 0 unspecified atom stereocenters. The van der Waals surface area contributed by atoms with E-state index >= 15 is 0 Å². The number of amides is 2. The van der Waals surface area contributed by atoms with Crippen LogP contribution in [0, 0.1) is 5.82 Å². The number of carbonyl (C=O) groups is 2. The van der Waals surface area contributed by atoms with Gasteiger partial charge in [0.05, 0.1) is 0 Å². The van der Waals surface area contributed by atoms with Crippen molar-refractivity contribution in [1.82, 2.24) is 10.6 Å². The van der Waals surface area contributed by atoms with Crippen molar-refractivity contribution in [3.05, 3.63) is 35.6 Å². The summed E-state index contributed by atoms with van der Waals surface area (Å²) in [5, 5.41) is 4.01. The van der Waals surface area contributed by atoms with Crippen molar-refractivity contribution >= 4 is 11.8 Å². The van der Waals surface area contributed by atoms with E-state index in [4.69, 9.17) is 0 Å². The second kappa shape index (κ2) is 7.61. The third kappa shape index (κ3) is 6.73. The highest BCUT2D eigenvalue weighted by atomic mass is 19.4. The molecular formula is C13H14F4N2O2. The van der Waals surface area contributed by atoms with Gasteiger partial charge in [-0.3, -0.25) is 9.59 Å². The maximum absolute atomic E-state index is 12.6. The minimum absolute atomic E-state index is 0.0932. The molecule has 0 fully saturated rings. The summed E-state index contributed by atoms with van der Waals surface area (Å²) < 4.78 is 48.2. The van der Waals surface area contributed by atoms with Crippen LogP contribution in [0.1, 0.15) is 12.0 Å². The monoisotopic (exact) mass is 306 g/mol. The number of hydrogen-bond donors (Lipinski definition) is 2. The molecule has 0 atom stereocenters. The Morgan fingerprint density at radius 3 is 2.14 bits per heavy atom. The van der Waals surface area contributed by atoms with Gasteiger partial charge in [0.15, 0.2) is 0 Å².